The third-order valence-electron chi connectivity index (χ3n) is 5.10. The average Bonchev–Trinajstić information content (AvgIpc) is 3.17. The highest BCUT2D eigenvalue weighted by Crippen LogP contribution is 2.27. The molecule has 4 aromatic rings. The van der Waals surface area contributed by atoms with Gasteiger partial charge in [0.05, 0.1) is 18.5 Å². The van der Waals surface area contributed by atoms with Crippen LogP contribution >= 0.6 is 0 Å². The molecule has 0 spiro atoms. The van der Waals surface area contributed by atoms with E-state index in [2.05, 4.69) is 25.0 Å². The molecule has 1 aliphatic heterocycles. The molecule has 0 saturated heterocycles. The number of nitrogens with zero attached hydrogens (tertiary/aromatic N) is 7. The van der Waals surface area contributed by atoms with Crippen molar-refractivity contribution < 1.29 is 4.74 Å². The molecule has 4 heterocycles. The number of rotatable bonds is 4. The average molecular weight is 376 g/mol. The molecule has 0 radical (unpaired) electrons. The Kier molecular flexibility index (Phi) is 4.01. The van der Waals surface area contributed by atoms with Crippen molar-refractivity contribution in [2.45, 2.75) is 19.4 Å². The fourth-order valence-corrected chi connectivity index (χ4v) is 3.68. The van der Waals surface area contributed by atoms with Gasteiger partial charge in [0.25, 0.3) is 0 Å². The highest BCUT2D eigenvalue weighted by atomic mass is 16.5. The molecule has 0 fully saturated rings. The summed E-state index contributed by atoms with van der Waals surface area (Å²) in [4.78, 5) is 20.4. The van der Waals surface area contributed by atoms with E-state index in [9.17, 15) is 0 Å². The van der Waals surface area contributed by atoms with Crippen LogP contribution in [0.25, 0.3) is 16.6 Å². The van der Waals surface area contributed by atoms with E-state index in [0.29, 0.717) is 22.9 Å². The van der Waals surface area contributed by atoms with Crippen molar-refractivity contribution >= 4 is 22.5 Å². The fraction of sp³-hybridized carbons (Fsp3) is 0.316. The Bertz CT molecular complexity index is 1170. The van der Waals surface area contributed by atoms with Crippen molar-refractivity contribution in [3.8, 4) is 5.75 Å². The summed E-state index contributed by atoms with van der Waals surface area (Å²) in [6, 6.07) is 5.73. The Hall–Kier alpha value is -3.33. The highest BCUT2D eigenvalue weighted by Gasteiger charge is 2.19. The molecule has 1 aromatic carbocycles. The number of para-hydroxylation sites is 1. The van der Waals surface area contributed by atoms with Gasteiger partial charge in [-0.2, -0.15) is 4.52 Å². The van der Waals surface area contributed by atoms with Crippen LogP contribution in [-0.4, -0.2) is 54.6 Å². The van der Waals surface area contributed by atoms with E-state index >= 15 is 0 Å². The molecule has 0 aliphatic carbocycles. The van der Waals surface area contributed by atoms with E-state index in [4.69, 9.17) is 15.5 Å². The Labute approximate surface area is 161 Å². The Morgan fingerprint density at radius 3 is 2.86 bits per heavy atom. The van der Waals surface area contributed by atoms with Crippen LogP contribution in [0.5, 0.6) is 5.75 Å². The van der Waals surface area contributed by atoms with Gasteiger partial charge in [0.2, 0.25) is 5.95 Å². The second-order valence-corrected chi connectivity index (χ2v) is 6.82. The first-order valence-electron chi connectivity index (χ1n) is 9.22. The molecule has 5 rings (SSSR count). The molecule has 142 valence electrons. The maximum Gasteiger partial charge on any atom is 0.223 e. The lowest BCUT2D eigenvalue weighted by molar-refractivity contribution is 0.249. The van der Waals surface area contributed by atoms with E-state index in [0.717, 1.165) is 55.1 Å². The maximum atomic E-state index is 6.12. The maximum absolute atomic E-state index is 6.12. The predicted molar refractivity (Wildman–Crippen MR) is 104 cm³/mol. The summed E-state index contributed by atoms with van der Waals surface area (Å²) < 4.78 is 7.01. The third-order valence-corrected chi connectivity index (χ3v) is 5.10. The number of benzene rings is 1. The van der Waals surface area contributed by atoms with Crippen molar-refractivity contribution in [3.63, 3.8) is 0 Å². The van der Waals surface area contributed by atoms with Crippen molar-refractivity contribution in [2.24, 2.45) is 0 Å². The molecule has 28 heavy (non-hydrogen) atoms. The van der Waals surface area contributed by atoms with Gasteiger partial charge in [0, 0.05) is 50.3 Å². The molecule has 0 atom stereocenters. The zero-order valence-corrected chi connectivity index (χ0v) is 15.5. The fourth-order valence-electron chi connectivity index (χ4n) is 3.68. The van der Waals surface area contributed by atoms with Gasteiger partial charge < -0.3 is 10.5 Å². The first-order valence-corrected chi connectivity index (χ1v) is 9.22. The standard InChI is InChI=1S/C19H20N8O/c1-28-15-4-2-3-12-17(15)24-19(20)27-18(12)23-16(25-27)6-10-26-9-5-13-14(11-26)22-8-7-21-13/h2-4,7-8H,5-6,9-11H2,1H3,(H2,20,24). The molecule has 0 amide bonds. The molecule has 0 saturated carbocycles. The third kappa shape index (κ3) is 2.80. The summed E-state index contributed by atoms with van der Waals surface area (Å²) in [5, 5.41) is 5.44. The number of nitrogens with two attached hydrogens (primary N) is 1. The van der Waals surface area contributed by atoms with E-state index < -0.39 is 0 Å². The number of fused-ring (bicyclic) bond motifs is 4. The van der Waals surface area contributed by atoms with Crippen LogP contribution < -0.4 is 10.5 Å². The van der Waals surface area contributed by atoms with Crippen LogP contribution in [0.4, 0.5) is 5.95 Å². The summed E-state index contributed by atoms with van der Waals surface area (Å²) in [5.41, 5.74) is 9.67. The van der Waals surface area contributed by atoms with Gasteiger partial charge in [-0.15, -0.1) is 5.10 Å². The summed E-state index contributed by atoms with van der Waals surface area (Å²) in [5.74, 6) is 1.71. The predicted octanol–water partition coefficient (Wildman–Crippen LogP) is 1.26. The van der Waals surface area contributed by atoms with Crippen LogP contribution in [0.1, 0.15) is 17.2 Å². The zero-order valence-electron chi connectivity index (χ0n) is 15.5. The van der Waals surface area contributed by atoms with Gasteiger partial charge in [-0.3, -0.25) is 14.9 Å². The summed E-state index contributed by atoms with van der Waals surface area (Å²) in [6.07, 6.45) is 5.15. The Morgan fingerprint density at radius 1 is 1.14 bits per heavy atom. The molecule has 9 nitrogen and oxygen atoms in total. The molecule has 2 N–H and O–H groups in total. The summed E-state index contributed by atoms with van der Waals surface area (Å²) >= 11 is 0. The van der Waals surface area contributed by atoms with Crippen molar-refractivity contribution in [1.29, 1.82) is 0 Å². The minimum atomic E-state index is 0.299. The number of hydrogen-bond acceptors (Lipinski definition) is 8. The first-order chi connectivity index (χ1) is 13.7. The topological polar surface area (TPSA) is 107 Å². The normalized spacial score (nSPS) is 14.5. The van der Waals surface area contributed by atoms with Gasteiger partial charge in [0.1, 0.15) is 11.3 Å². The second kappa shape index (κ2) is 6.68. The number of aromatic nitrogens is 6. The number of methoxy groups -OCH3 is 1. The first kappa shape index (κ1) is 16.8. The van der Waals surface area contributed by atoms with Crippen LogP contribution in [0, 0.1) is 0 Å². The monoisotopic (exact) mass is 376 g/mol. The van der Waals surface area contributed by atoms with Crippen LogP contribution in [0.15, 0.2) is 30.6 Å². The molecule has 0 unspecified atom stereocenters. The Morgan fingerprint density at radius 2 is 2.00 bits per heavy atom. The summed E-state index contributed by atoms with van der Waals surface area (Å²) in [6.45, 7) is 2.62. The minimum Gasteiger partial charge on any atom is -0.494 e. The van der Waals surface area contributed by atoms with E-state index in [1.54, 1.807) is 24.0 Å². The molecule has 9 heteroatoms. The zero-order chi connectivity index (χ0) is 19.1. The van der Waals surface area contributed by atoms with Crippen molar-refractivity contribution in [2.75, 3.05) is 25.9 Å². The SMILES string of the molecule is COc1cccc2c1nc(N)n1nc(CCN3CCc4nccnc4C3)nc21. The number of ether oxygens (including phenoxy) is 1. The Balaban J connectivity index is 1.41. The van der Waals surface area contributed by atoms with Gasteiger partial charge in [0.15, 0.2) is 11.5 Å². The van der Waals surface area contributed by atoms with E-state index in [-0.39, 0.29) is 0 Å². The molecule has 0 bridgehead atoms. The largest absolute Gasteiger partial charge is 0.494 e. The quantitative estimate of drug-likeness (QED) is 0.567. The van der Waals surface area contributed by atoms with E-state index in [1.165, 1.54) is 0 Å². The minimum absolute atomic E-state index is 0.299. The smallest absolute Gasteiger partial charge is 0.223 e. The van der Waals surface area contributed by atoms with Crippen molar-refractivity contribution in [3.05, 3.63) is 47.8 Å². The lowest BCUT2D eigenvalue weighted by atomic mass is 10.1. The van der Waals surface area contributed by atoms with Gasteiger partial charge in [-0.25, -0.2) is 9.97 Å². The number of hydrogen-bond donors (Lipinski definition) is 1. The lowest BCUT2D eigenvalue weighted by Gasteiger charge is -2.26. The van der Waals surface area contributed by atoms with E-state index in [1.807, 2.05) is 18.2 Å². The van der Waals surface area contributed by atoms with Crippen LogP contribution in [-0.2, 0) is 19.4 Å². The van der Waals surface area contributed by atoms with Gasteiger partial charge in [-0.05, 0) is 12.1 Å². The molecular weight excluding hydrogens is 356 g/mol. The number of anilines is 1. The van der Waals surface area contributed by atoms with Gasteiger partial charge >= 0.3 is 0 Å². The van der Waals surface area contributed by atoms with Crippen LogP contribution in [0.2, 0.25) is 0 Å². The van der Waals surface area contributed by atoms with Gasteiger partial charge in [-0.1, -0.05) is 6.07 Å². The summed E-state index contributed by atoms with van der Waals surface area (Å²) in [7, 11) is 1.62. The second-order valence-electron chi connectivity index (χ2n) is 6.82. The molecule has 3 aromatic heterocycles. The lowest BCUT2D eigenvalue weighted by Crippen LogP contribution is -2.33. The molecule has 1 aliphatic rings. The highest BCUT2D eigenvalue weighted by molar-refractivity contribution is 5.95. The van der Waals surface area contributed by atoms with Crippen LogP contribution in [0.3, 0.4) is 0 Å². The number of nitrogen functional groups attached to an aromatic ring is 1. The molecular formula is C19H20N8O. The van der Waals surface area contributed by atoms with Crippen molar-refractivity contribution in [1.82, 2.24) is 34.4 Å².